The van der Waals surface area contributed by atoms with E-state index in [1.54, 1.807) is 0 Å². The van der Waals surface area contributed by atoms with Crippen molar-refractivity contribution in [3.8, 4) is 0 Å². The van der Waals surface area contributed by atoms with Crippen LogP contribution in [-0.4, -0.2) is 24.5 Å². The first kappa shape index (κ1) is 9.77. The van der Waals surface area contributed by atoms with Gasteiger partial charge in [-0.15, -0.1) is 0 Å². The molecule has 1 unspecified atom stereocenters. The summed E-state index contributed by atoms with van der Waals surface area (Å²) in [4.78, 5) is 22.1. The van der Waals surface area contributed by atoms with Crippen LogP contribution in [0.4, 0.5) is 0 Å². The highest BCUT2D eigenvalue weighted by atomic mass is 16.5. The lowest BCUT2D eigenvalue weighted by Crippen LogP contribution is -2.35. The fraction of sp³-hybridized carbons (Fsp3) is 0.556. The van der Waals surface area contributed by atoms with Crippen molar-refractivity contribution in [1.29, 1.82) is 0 Å². The third-order valence-electron chi connectivity index (χ3n) is 1.91. The zero-order chi connectivity index (χ0) is 9.68. The van der Waals surface area contributed by atoms with Crippen molar-refractivity contribution in [3.05, 3.63) is 12.7 Å². The van der Waals surface area contributed by atoms with Crippen molar-refractivity contribution < 1.29 is 14.3 Å². The number of carbonyl (C=O) groups is 2. The minimum atomic E-state index is -0.631. The Balaban J connectivity index is 2.49. The number of carbonyl (C=O) groups excluding carboxylic acids is 2. The van der Waals surface area contributed by atoms with Gasteiger partial charge in [-0.25, -0.2) is 4.79 Å². The summed E-state index contributed by atoms with van der Waals surface area (Å²) in [6, 6.07) is 0. The standard InChI is InChI=1S/C9H13NO3/c1-2-8(11)13-7-5-3-4-6-10-9(7)12/h2,7H,1,3-6H2,(H,10,12). The number of nitrogens with one attached hydrogen (secondary N) is 1. The fourth-order valence-corrected chi connectivity index (χ4v) is 1.21. The molecule has 0 spiro atoms. The third-order valence-corrected chi connectivity index (χ3v) is 1.91. The molecule has 0 aromatic rings. The molecule has 1 aliphatic rings. The highest BCUT2D eigenvalue weighted by molar-refractivity contribution is 5.87. The predicted molar refractivity (Wildman–Crippen MR) is 46.9 cm³/mol. The SMILES string of the molecule is C=CC(=O)OC1CCCCNC1=O. The van der Waals surface area contributed by atoms with E-state index in [0.717, 1.165) is 18.9 Å². The Labute approximate surface area is 76.9 Å². The van der Waals surface area contributed by atoms with Gasteiger partial charge in [-0.2, -0.15) is 0 Å². The van der Waals surface area contributed by atoms with E-state index in [2.05, 4.69) is 11.9 Å². The maximum Gasteiger partial charge on any atom is 0.330 e. The molecule has 1 heterocycles. The van der Waals surface area contributed by atoms with Gasteiger partial charge >= 0.3 is 5.97 Å². The Morgan fingerprint density at radius 3 is 3.08 bits per heavy atom. The second kappa shape index (κ2) is 4.64. The number of hydrogen-bond donors (Lipinski definition) is 1. The van der Waals surface area contributed by atoms with Gasteiger partial charge in [0, 0.05) is 12.6 Å². The van der Waals surface area contributed by atoms with Gasteiger partial charge in [0.05, 0.1) is 0 Å². The number of amides is 1. The molecule has 1 atom stereocenters. The summed E-state index contributed by atoms with van der Waals surface area (Å²) in [5.41, 5.74) is 0. The molecule has 0 aromatic carbocycles. The molecule has 0 aliphatic carbocycles. The zero-order valence-electron chi connectivity index (χ0n) is 7.41. The lowest BCUT2D eigenvalue weighted by Gasteiger charge is -2.12. The zero-order valence-corrected chi connectivity index (χ0v) is 7.41. The highest BCUT2D eigenvalue weighted by Gasteiger charge is 2.23. The molecule has 4 heteroatoms. The largest absolute Gasteiger partial charge is 0.449 e. The number of rotatable bonds is 2. The molecule has 1 aliphatic heterocycles. The van der Waals surface area contributed by atoms with Gasteiger partial charge in [0.2, 0.25) is 0 Å². The monoisotopic (exact) mass is 183 g/mol. The van der Waals surface area contributed by atoms with Crippen LogP contribution in [0.25, 0.3) is 0 Å². The Bertz CT molecular complexity index is 225. The maximum absolute atomic E-state index is 11.2. The van der Waals surface area contributed by atoms with Crippen molar-refractivity contribution in [2.75, 3.05) is 6.54 Å². The Morgan fingerprint density at radius 2 is 2.38 bits per heavy atom. The molecule has 0 aromatic heterocycles. The van der Waals surface area contributed by atoms with Crippen LogP contribution in [0.1, 0.15) is 19.3 Å². The number of ether oxygens (including phenoxy) is 1. The summed E-state index contributed by atoms with van der Waals surface area (Å²) < 4.78 is 4.86. The predicted octanol–water partition coefficient (Wildman–Crippen LogP) is 0.384. The first-order valence-electron chi connectivity index (χ1n) is 4.35. The molecule has 13 heavy (non-hydrogen) atoms. The molecule has 1 rings (SSSR count). The molecule has 1 N–H and O–H groups in total. The van der Waals surface area contributed by atoms with E-state index in [1.165, 1.54) is 0 Å². The van der Waals surface area contributed by atoms with Gasteiger partial charge in [0.1, 0.15) is 0 Å². The molecule has 0 bridgehead atoms. The smallest absolute Gasteiger partial charge is 0.330 e. The molecule has 1 saturated heterocycles. The molecule has 4 nitrogen and oxygen atoms in total. The van der Waals surface area contributed by atoms with Gasteiger partial charge < -0.3 is 10.1 Å². The van der Waals surface area contributed by atoms with Crippen LogP contribution in [-0.2, 0) is 14.3 Å². The van der Waals surface area contributed by atoms with E-state index in [1.807, 2.05) is 0 Å². The van der Waals surface area contributed by atoms with Crippen LogP contribution in [0.15, 0.2) is 12.7 Å². The van der Waals surface area contributed by atoms with Gasteiger partial charge in [0.25, 0.3) is 5.91 Å². The molecular formula is C9H13NO3. The lowest BCUT2D eigenvalue weighted by molar-refractivity contribution is -0.151. The minimum Gasteiger partial charge on any atom is -0.449 e. The van der Waals surface area contributed by atoms with Gasteiger partial charge in [-0.1, -0.05) is 6.58 Å². The first-order chi connectivity index (χ1) is 6.24. The van der Waals surface area contributed by atoms with Crippen LogP contribution in [0.5, 0.6) is 0 Å². The average molecular weight is 183 g/mol. The second-order valence-corrected chi connectivity index (χ2v) is 2.92. The van der Waals surface area contributed by atoms with E-state index >= 15 is 0 Å². The Hall–Kier alpha value is -1.32. The molecule has 1 amide bonds. The summed E-state index contributed by atoms with van der Waals surface area (Å²) in [6.45, 7) is 3.94. The van der Waals surface area contributed by atoms with Crippen molar-refractivity contribution in [3.63, 3.8) is 0 Å². The third kappa shape index (κ3) is 2.89. The van der Waals surface area contributed by atoms with Crippen molar-refractivity contribution >= 4 is 11.9 Å². The van der Waals surface area contributed by atoms with Crippen LogP contribution >= 0.6 is 0 Å². The summed E-state index contributed by atoms with van der Waals surface area (Å²) in [5.74, 6) is -0.741. The van der Waals surface area contributed by atoms with E-state index in [4.69, 9.17) is 4.74 Å². The normalized spacial score (nSPS) is 22.8. The lowest BCUT2D eigenvalue weighted by atomic mass is 10.2. The summed E-state index contributed by atoms with van der Waals surface area (Å²) in [7, 11) is 0. The number of hydrogen-bond acceptors (Lipinski definition) is 3. The topological polar surface area (TPSA) is 55.4 Å². The van der Waals surface area contributed by atoms with Crippen molar-refractivity contribution in [2.24, 2.45) is 0 Å². The van der Waals surface area contributed by atoms with E-state index < -0.39 is 12.1 Å². The van der Waals surface area contributed by atoms with E-state index in [-0.39, 0.29) is 5.91 Å². The minimum absolute atomic E-state index is 0.201. The molecule has 1 fully saturated rings. The van der Waals surface area contributed by atoms with Gasteiger partial charge in [-0.3, -0.25) is 4.79 Å². The van der Waals surface area contributed by atoms with Crippen LogP contribution in [0, 0.1) is 0 Å². The fourth-order valence-electron chi connectivity index (χ4n) is 1.21. The molecule has 72 valence electrons. The quantitative estimate of drug-likeness (QED) is 0.497. The van der Waals surface area contributed by atoms with Crippen LogP contribution in [0.3, 0.4) is 0 Å². The summed E-state index contributed by atoms with van der Waals surface area (Å²) in [6.07, 6.45) is 2.87. The van der Waals surface area contributed by atoms with Gasteiger partial charge in [-0.05, 0) is 19.3 Å². The second-order valence-electron chi connectivity index (χ2n) is 2.92. The summed E-state index contributed by atoms with van der Waals surface area (Å²) >= 11 is 0. The van der Waals surface area contributed by atoms with Crippen LogP contribution in [0.2, 0.25) is 0 Å². The number of esters is 1. The molecular weight excluding hydrogens is 170 g/mol. The van der Waals surface area contributed by atoms with Crippen molar-refractivity contribution in [2.45, 2.75) is 25.4 Å². The average Bonchev–Trinajstić information content (AvgIpc) is 2.32. The first-order valence-corrected chi connectivity index (χ1v) is 4.35. The van der Waals surface area contributed by atoms with Crippen molar-refractivity contribution in [1.82, 2.24) is 5.32 Å². The van der Waals surface area contributed by atoms with E-state index in [0.29, 0.717) is 13.0 Å². The van der Waals surface area contributed by atoms with E-state index in [9.17, 15) is 9.59 Å². The summed E-state index contributed by atoms with van der Waals surface area (Å²) in [5, 5.41) is 2.67. The Morgan fingerprint density at radius 1 is 1.62 bits per heavy atom. The van der Waals surface area contributed by atoms with Gasteiger partial charge in [0.15, 0.2) is 6.10 Å². The molecule has 0 radical (unpaired) electrons. The maximum atomic E-state index is 11.2. The molecule has 0 saturated carbocycles. The highest BCUT2D eigenvalue weighted by Crippen LogP contribution is 2.09. The van der Waals surface area contributed by atoms with Crippen LogP contribution < -0.4 is 5.32 Å². The Kier molecular flexibility index (Phi) is 3.49.